The van der Waals surface area contributed by atoms with Gasteiger partial charge < -0.3 is 4.90 Å². The number of rotatable bonds is 6. The van der Waals surface area contributed by atoms with Crippen molar-refractivity contribution in [3.63, 3.8) is 0 Å². The lowest BCUT2D eigenvalue weighted by Gasteiger charge is -2.39. The van der Waals surface area contributed by atoms with Crippen LogP contribution < -0.4 is 0 Å². The number of fused-ring (bicyclic) bond motifs is 1. The highest BCUT2D eigenvalue weighted by molar-refractivity contribution is 9.11. The molecule has 0 bridgehead atoms. The minimum Gasteiger partial charge on any atom is -0.303 e. The van der Waals surface area contributed by atoms with Crippen LogP contribution in [-0.4, -0.2) is 31.2 Å². The molecule has 2 aromatic carbocycles. The van der Waals surface area contributed by atoms with Gasteiger partial charge in [-0.05, 0) is 78.3 Å². The van der Waals surface area contributed by atoms with Crippen LogP contribution >= 0.6 is 27.5 Å². The minimum absolute atomic E-state index is 0.206. The molecule has 29 heavy (non-hydrogen) atoms. The van der Waals surface area contributed by atoms with E-state index >= 15 is 0 Å². The molecule has 0 spiro atoms. The van der Waals surface area contributed by atoms with Crippen molar-refractivity contribution in [2.24, 2.45) is 5.92 Å². The molecular formula is C25H28BrClFN. The van der Waals surface area contributed by atoms with Crippen LogP contribution in [0.4, 0.5) is 4.39 Å². The highest BCUT2D eigenvalue weighted by Gasteiger charge is 2.26. The zero-order valence-corrected chi connectivity index (χ0v) is 19.3. The van der Waals surface area contributed by atoms with Gasteiger partial charge in [0.25, 0.3) is 0 Å². The Balaban J connectivity index is 1.51. The third-order valence-electron chi connectivity index (χ3n) is 6.21. The van der Waals surface area contributed by atoms with Crippen LogP contribution in [0.5, 0.6) is 0 Å². The van der Waals surface area contributed by atoms with E-state index in [0.717, 1.165) is 55.9 Å². The van der Waals surface area contributed by atoms with Gasteiger partial charge in [-0.1, -0.05) is 63.9 Å². The number of benzene rings is 2. The summed E-state index contributed by atoms with van der Waals surface area (Å²) in [4.78, 5) is 2.36. The Hall–Kier alpha value is -1.16. The van der Waals surface area contributed by atoms with Gasteiger partial charge in [0, 0.05) is 29.1 Å². The molecule has 1 aliphatic heterocycles. The van der Waals surface area contributed by atoms with Crippen molar-refractivity contribution in [1.82, 2.24) is 4.90 Å². The average Bonchev–Trinajstić information content (AvgIpc) is 2.86. The summed E-state index contributed by atoms with van der Waals surface area (Å²) in [6.45, 7) is 4.98. The van der Waals surface area contributed by atoms with Gasteiger partial charge in [0.05, 0.1) is 6.67 Å². The Labute approximate surface area is 187 Å². The molecule has 0 unspecified atom stereocenters. The number of nitrogens with zero attached hydrogens (tertiary/aromatic N) is 1. The minimum atomic E-state index is -0.206. The Morgan fingerprint density at radius 2 is 1.86 bits per heavy atom. The van der Waals surface area contributed by atoms with E-state index in [1.807, 2.05) is 0 Å². The van der Waals surface area contributed by atoms with Gasteiger partial charge in [0.1, 0.15) is 0 Å². The molecule has 0 saturated carbocycles. The number of halogens is 3. The molecule has 0 N–H and O–H groups in total. The highest BCUT2D eigenvalue weighted by Crippen LogP contribution is 2.40. The van der Waals surface area contributed by atoms with Gasteiger partial charge in [-0.3, -0.25) is 4.39 Å². The van der Waals surface area contributed by atoms with Crippen molar-refractivity contribution in [2.45, 2.75) is 39.0 Å². The number of hydrogen-bond donors (Lipinski definition) is 0. The molecule has 0 amide bonds. The molecule has 0 aromatic heterocycles. The standard InChI is InChI=1S/C25H28BrClFN/c1-17-6-11-21-22(25(17)27)4-2-5-23(26)24(21)20-9-7-18(8-10-20)14-19-15-29(16-19)13-3-12-28/h6-11,19H,2-5,12-16H2,1H3. The summed E-state index contributed by atoms with van der Waals surface area (Å²) in [5.74, 6) is 0.701. The number of aryl methyl sites for hydroxylation is 1. The van der Waals surface area contributed by atoms with Crippen molar-refractivity contribution in [1.29, 1.82) is 0 Å². The van der Waals surface area contributed by atoms with Crippen LogP contribution in [0.3, 0.4) is 0 Å². The third kappa shape index (κ3) is 4.62. The van der Waals surface area contributed by atoms with Gasteiger partial charge >= 0.3 is 0 Å². The number of alkyl halides is 1. The lowest BCUT2D eigenvalue weighted by Crippen LogP contribution is -2.47. The third-order valence-corrected chi connectivity index (χ3v) is 7.53. The lowest BCUT2D eigenvalue weighted by atomic mass is 9.89. The number of likely N-dealkylation sites (tertiary alicyclic amines) is 1. The molecule has 2 aliphatic rings. The fourth-order valence-corrected chi connectivity index (χ4v) is 5.62. The van der Waals surface area contributed by atoms with Crippen molar-refractivity contribution >= 4 is 33.1 Å². The molecule has 0 atom stereocenters. The summed E-state index contributed by atoms with van der Waals surface area (Å²) < 4.78 is 13.6. The summed E-state index contributed by atoms with van der Waals surface area (Å²) in [7, 11) is 0. The van der Waals surface area contributed by atoms with Crippen molar-refractivity contribution in [3.8, 4) is 0 Å². The Morgan fingerprint density at radius 1 is 1.10 bits per heavy atom. The van der Waals surface area contributed by atoms with Crippen molar-refractivity contribution in [2.75, 3.05) is 26.3 Å². The van der Waals surface area contributed by atoms with E-state index < -0.39 is 0 Å². The van der Waals surface area contributed by atoms with Crippen LogP contribution in [0.15, 0.2) is 40.9 Å². The second-order valence-electron chi connectivity index (χ2n) is 8.43. The first-order chi connectivity index (χ1) is 14.1. The smallest absolute Gasteiger partial charge is 0.0906 e. The molecule has 4 heteroatoms. The normalized spacial score (nSPS) is 17.8. The predicted molar refractivity (Wildman–Crippen MR) is 125 cm³/mol. The predicted octanol–water partition coefficient (Wildman–Crippen LogP) is 6.97. The van der Waals surface area contributed by atoms with Gasteiger partial charge in [-0.25, -0.2) is 0 Å². The molecule has 1 heterocycles. The Kier molecular flexibility index (Phi) is 6.78. The molecule has 1 fully saturated rings. The fourth-order valence-electron chi connectivity index (χ4n) is 4.63. The van der Waals surface area contributed by atoms with E-state index in [4.69, 9.17) is 11.6 Å². The lowest BCUT2D eigenvalue weighted by molar-refractivity contribution is 0.0968. The second kappa shape index (κ2) is 9.32. The van der Waals surface area contributed by atoms with Crippen LogP contribution in [0.1, 0.15) is 47.1 Å². The topological polar surface area (TPSA) is 3.24 Å². The van der Waals surface area contributed by atoms with Crippen LogP contribution in [0.2, 0.25) is 5.02 Å². The van der Waals surface area contributed by atoms with E-state index in [2.05, 4.69) is 64.2 Å². The maximum atomic E-state index is 12.3. The van der Waals surface area contributed by atoms with Crippen LogP contribution in [0.25, 0.3) is 5.57 Å². The van der Waals surface area contributed by atoms with Gasteiger partial charge in [0.2, 0.25) is 0 Å². The number of hydrogen-bond acceptors (Lipinski definition) is 1. The first kappa shape index (κ1) is 21.1. The molecule has 0 radical (unpaired) electrons. The fraction of sp³-hybridized carbons (Fsp3) is 0.440. The zero-order chi connectivity index (χ0) is 20.4. The average molecular weight is 477 g/mol. The SMILES string of the molecule is Cc1ccc2c(c1Cl)CCCC(Br)=C2c1ccc(CC2CN(CCCF)C2)cc1. The molecule has 4 rings (SSSR count). The largest absolute Gasteiger partial charge is 0.303 e. The second-order valence-corrected chi connectivity index (χ2v) is 9.76. The van der Waals surface area contributed by atoms with Crippen LogP contribution in [0, 0.1) is 12.8 Å². The van der Waals surface area contributed by atoms with Gasteiger partial charge in [0.15, 0.2) is 0 Å². The molecule has 2 aromatic rings. The van der Waals surface area contributed by atoms with E-state index in [0.29, 0.717) is 12.3 Å². The maximum absolute atomic E-state index is 12.3. The monoisotopic (exact) mass is 475 g/mol. The first-order valence-corrected chi connectivity index (χ1v) is 11.8. The van der Waals surface area contributed by atoms with Crippen molar-refractivity contribution in [3.05, 3.63) is 73.7 Å². The van der Waals surface area contributed by atoms with Gasteiger partial charge in [-0.15, -0.1) is 0 Å². The quantitative estimate of drug-likeness (QED) is 0.435. The van der Waals surface area contributed by atoms with Gasteiger partial charge in [-0.2, -0.15) is 0 Å². The summed E-state index contributed by atoms with van der Waals surface area (Å²) in [6, 6.07) is 13.4. The maximum Gasteiger partial charge on any atom is 0.0906 e. The summed E-state index contributed by atoms with van der Waals surface area (Å²) >= 11 is 10.5. The van der Waals surface area contributed by atoms with Crippen molar-refractivity contribution < 1.29 is 4.39 Å². The Morgan fingerprint density at radius 3 is 2.59 bits per heavy atom. The first-order valence-electron chi connectivity index (χ1n) is 10.6. The molecular weight excluding hydrogens is 449 g/mol. The van der Waals surface area contributed by atoms with E-state index in [-0.39, 0.29) is 6.67 Å². The van der Waals surface area contributed by atoms with E-state index in [1.165, 1.54) is 32.3 Å². The molecule has 1 aliphatic carbocycles. The Bertz CT molecular complexity index is 900. The van der Waals surface area contributed by atoms with E-state index in [1.54, 1.807) is 0 Å². The summed E-state index contributed by atoms with van der Waals surface area (Å²) in [5, 5.41) is 0.918. The highest BCUT2D eigenvalue weighted by atomic mass is 79.9. The molecule has 1 nitrogen and oxygen atoms in total. The molecule has 1 saturated heterocycles. The van der Waals surface area contributed by atoms with E-state index in [9.17, 15) is 4.39 Å². The number of allylic oxidation sites excluding steroid dienone is 1. The molecule has 154 valence electrons. The summed E-state index contributed by atoms with van der Waals surface area (Å²) in [6.07, 6.45) is 4.94. The van der Waals surface area contributed by atoms with Crippen LogP contribution in [-0.2, 0) is 12.8 Å². The summed E-state index contributed by atoms with van der Waals surface area (Å²) in [5.41, 5.74) is 7.62. The zero-order valence-electron chi connectivity index (χ0n) is 17.0.